The van der Waals surface area contributed by atoms with Crippen LogP contribution in [0.3, 0.4) is 0 Å². The van der Waals surface area contributed by atoms with Crippen molar-refractivity contribution >= 4 is 15.7 Å². The van der Waals surface area contributed by atoms with Crippen molar-refractivity contribution in [2.45, 2.75) is 16.8 Å². The Morgan fingerprint density at radius 1 is 1.04 bits per heavy atom. The van der Waals surface area contributed by atoms with E-state index in [-0.39, 0.29) is 12.1 Å². The molecule has 5 nitrogen and oxygen atoms in total. The van der Waals surface area contributed by atoms with Crippen LogP contribution in [0.4, 0.5) is 13.2 Å². The molecular formula is C16H14F3NO4S. The van der Waals surface area contributed by atoms with Crippen molar-refractivity contribution in [2.24, 2.45) is 0 Å². The molecule has 25 heavy (non-hydrogen) atoms. The Hall–Kier alpha value is -2.39. The summed E-state index contributed by atoms with van der Waals surface area (Å²) in [4.78, 5) is 11.4. The lowest BCUT2D eigenvalue weighted by molar-refractivity contribution is 0.0916. The number of alkyl halides is 2. The number of nitrogens with one attached hydrogen (secondary N) is 1. The number of benzene rings is 2. The van der Waals surface area contributed by atoms with E-state index in [2.05, 4.69) is 5.32 Å². The number of sulfone groups is 1. The van der Waals surface area contributed by atoms with Crippen LogP contribution in [0, 0.1) is 5.82 Å². The Bertz CT molecular complexity index is 837. The van der Waals surface area contributed by atoms with Gasteiger partial charge in [-0.2, -0.15) is 8.78 Å². The van der Waals surface area contributed by atoms with E-state index in [1.807, 2.05) is 0 Å². The van der Waals surface area contributed by atoms with Gasteiger partial charge in [0.1, 0.15) is 5.82 Å². The maximum atomic E-state index is 12.8. The molecule has 0 aliphatic heterocycles. The van der Waals surface area contributed by atoms with E-state index in [0.29, 0.717) is 5.56 Å². The van der Waals surface area contributed by atoms with E-state index < -0.39 is 38.3 Å². The van der Waals surface area contributed by atoms with Crippen molar-refractivity contribution in [2.75, 3.05) is 6.54 Å². The van der Waals surface area contributed by atoms with Crippen molar-refractivity contribution in [3.8, 4) is 0 Å². The summed E-state index contributed by atoms with van der Waals surface area (Å²) in [5.74, 6) is -4.63. The van der Waals surface area contributed by atoms with Gasteiger partial charge in [-0.15, -0.1) is 0 Å². The number of hydrogen-bond donors (Lipinski definition) is 2. The van der Waals surface area contributed by atoms with Crippen LogP contribution < -0.4 is 5.32 Å². The van der Waals surface area contributed by atoms with Gasteiger partial charge in [-0.1, -0.05) is 12.1 Å². The molecule has 1 atom stereocenters. The Labute approximate surface area is 142 Å². The summed E-state index contributed by atoms with van der Waals surface area (Å²) >= 11 is 0. The molecule has 0 saturated heterocycles. The predicted octanol–water partition coefficient (Wildman–Crippen LogP) is 2.29. The summed E-state index contributed by atoms with van der Waals surface area (Å²) in [5, 5.41) is 12.3. The second kappa shape index (κ2) is 7.66. The number of hydrogen-bond acceptors (Lipinski definition) is 4. The SMILES string of the molecule is O=C(NCC(O)c1ccc(F)cc1)c1ccc(S(=O)(=O)C(F)F)cc1. The number of carbonyl (C=O) groups is 1. The molecule has 2 N–H and O–H groups in total. The molecule has 0 bridgehead atoms. The van der Waals surface area contributed by atoms with Gasteiger partial charge in [-0.25, -0.2) is 12.8 Å². The van der Waals surface area contributed by atoms with Crippen LogP contribution in [-0.2, 0) is 9.84 Å². The lowest BCUT2D eigenvalue weighted by atomic mass is 10.1. The van der Waals surface area contributed by atoms with Crippen LogP contribution in [0.1, 0.15) is 22.0 Å². The van der Waals surface area contributed by atoms with Gasteiger partial charge in [-0.05, 0) is 42.0 Å². The number of aliphatic hydroxyl groups is 1. The average molecular weight is 373 g/mol. The fourth-order valence-electron chi connectivity index (χ4n) is 1.99. The minimum Gasteiger partial charge on any atom is -0.387 e. The van der Waals surface area contributed by atoms with E-state index >= 15 is 0 Å². The largest absolute Gasteiger partial charge is 0.387 e. The third-order valence-electron chi connectivity index (χ3n) is 3.39. The molecule has 0 fully saturated rings. The topological polar surface area (TPSA) is 83.5 Å². The highest BCUT2D eigenvalue weighted by Crippen LogP contribution is 2.19. The maximum Gasteiger partial charge on any atom is 0.341 e. The molecule has 9 heteroatoms. The molecule has 0 saturated carbocycles. The normalized spacial score (nSPS) is 12.8. The summed E-state index contributed by atoms with van der Waals surface area (Å²) in [6.45, 7) is -0.165. The lowest BCUT2D eigenvalue weighted by Gasteiger charge is -2.12. The summed E-state index contributed by atoms with van der Waals surface area (Å²) < 4.78 is 60.3. The highest BCUT2D eigenvalue weighted by atomic mass is 32.2. The molecule has 0 aliphatic rings. The predicted molar refractivity (Wildman–Crippen MR) is 83.3 cm³/mol. The minimum atomic E-state index is -4.72. The lowest BCUT2D eigenvalue weighted by Crippen LogP contribution is -2.28. The molecule has 0 spiro atoms. The highest BCUT2D eigenvalue weighted by Gasteiger charge is 2.26. The molecule has 1 unspecified atom stereocenters. The third-order valence-corrected chi connectivity index (χ3v) is 4.79. The van der Waals surface area contributed by atoms with E-state index in [1.54, 1.807) is 0 Å². The van der Waals surface area contributed by atoms with Gasteiger partial charge >= 0.3 is 5.76 Å². The minimum absolute atomic E-state index is 0.0412. The molecule has 0 radical (unpaired) electrons. The zero-order valence-corrected chi connectivity index (χ0v) is 13.5. The van der Waals surface area contributed by atoms with E-state index in [9.17, 15) is 31.5 Å². The van der Waals surface area contributed by atoms with Crippen LogP contribution in [0.2, 0.25) is 0 Å². The first-order chi connectivity index (χ1) is 11.7. The standard InChI is InChI=1S/C16H14F3NO4S/c17-12-5-1-10(2-6-12)14(21)9-20-15(22)11-3-7-13(8-4-11)25(23,24)16(18)19/h1-8,14,16,21H,9H2,(H,20,22). The second-order valence-corrected chi connectivity index (χ2v) is 7.03. The van der Waals surface area contributed by atoms with Crippen LogP contribution in [0.15, 0.2) is 53.4 Å². The first kappa shape index (κ1) is 18.9. The maximum absolute atomic E-state index is 12.8. The van der Waals surface area contributed by atoms with Gasteiger partial charge in [0.05, 0.1) is 11.0 Å². The van der Waals surface area contributed by atoms with E-state index in [0.717, 1.165) is 24.3 Å². The molecular weight excluding hydrogens is 359 g/mol. The zero-order chi connectivity index (χ0) is 18.6. The Balaban J connectivity index is 2.00. The highest BCUT2D eigenvalue weighted by molar-refractivity contribution is 7.91. The number of aliphatic hydroxyl groups excluding tert-OH is 1. The van der Waals surface area contributed by atoms with Gasteiger partial charge in [0.25, 0.3) is 5.91 Å². The second-order valence-electron chi connectivity index (χ2n) is 5.11. The first-order valence-electron chi connectivity index (χ1n) is 7.05. The molecule has 134 valence electrons. The Kier molecular flexibility index (Phi) is 5.81. The monoisotopic (exact) mass is 373 g/mol. The molecule has 2 rings (SSSR count). The van der Waals surface area contributed by atoms with Crippen LogP contribution in [0.25, 0.3) is 0 Å². The average Bonchev–Trinajstić information content (AvgIpc) is 2.60. The van der Waals surface area contributed by atoms with Crippen LogP contribution >= 0.6 is 0 Å². The summed E-state index contributed by atoms with van der Waals surface area (Å²) in [5.41, 5.74) is 0.444. The van der Waals surface area contributed by atoms with Crippen molar-refractivity contribution in [3.63, 3.8) is 0 Å². The number of rotatable bonds is 6. The van der Waals surface area contributed by atoms with Crippen molar-refractivity contribution in [1.29, 1.82) is 0 Å². The molecule has 0 aromatic heterocycles. The van der Waals surface area contributed by atoms with Crippen molar-refractivity contribution in [1.82, 2.24) is 5.32 Å². The number of amides is 1. The zero-order valence-electron chi connectivity index (χ0n) is 12.7. The molecule has 1 amide bonds. The van der Waals surface area contributed by atoms with Crippen LogP contribution in [-0.4, -0.2) is 31.7 Å². The van der Waals surface area contributed by atoms with Crippen LogP contribution in [0.5, 0.6) is 0 Å². The fraction of sp³-hybridized carbons (Fsp3) is 0.188. The summed E-state index contributed by atoms with van der Waals surface area (Å²) in [6.07, 6.45) is -1.07. The Morgan fingerprint density at radius 3 is 2.12 bits per heavy atom. The fourth-order valence-corrected chi connectivity index (χ4v) is 2.71. The quantitative estimate of drug-likeness (QED) is 0.814. The van der Waals surface area contributed by atoms with Crippen molar-refractivity contribution < 1.29 is 31.5 Å². The van der Waals surface area contributed by atoms with Gasteiger partial charge in [0.2, 0.25) is 9.84 Å². The van der Waals surface area contributed by atoms with E-state index in [1.165, 1.54) is 24.3 Å². The molecule has 0 aliphatic carbocycles. The van der Waals surface area contributed by atoms with Gasteiger partial charge < -0.3 is 10.4 Å². The van der Waals surface area contributed by atoms with Gasteiger partial charge in [0, 0.05) is 12.1 Å². The smallest absolute Gasteiger partial charge is 0.341 e. The summed E-state index contributed by atoms with van der Waals surface area (Å²) in [7, 11) is -4.72. The molecule has 2 aromatic rings. The first-order valence-corrected chi connectivity index (χ1v) is 8.60. The van der Waals surface area contributed by atoms with Gasteiger partial charge in [-0.3, -0.25) is 4.79 Å². The Morgan fingerprint density at radius 2 is 1.60 bits per heavy atom. The van der Waals surface area contributed by atoms with Crippen molar-refractivity contribution in [3.05, 3.63) is 65.5 Å². The number of halogens is 3. The summed E-state index contributed by atoms with van der Waals surface area (Å²) in [6, 6.07) is 9.08. The van der Waals surface area contributed by atoms with Gasteiger partial charge in [0.15, 0.2) is 0 Å². The van der Waals surface area contributed by atoms with E-state index in [4.69, 9.17) is 0 Å². The molecule has 0 heterocycles. The number of carbonyl (C=O) groups excluding carboxylic acids is 1. The molecule has 2 aromatic carbocycles. The third kappa shape index (κ3) is 4.58.